The number of benzene rings is 3. The second-order valence-electron chi connectivity index (χ2n) is 9.98. The van der Waals surface area contributed by atoms with Crippen molar-refractivity contribution in [2.45, 2.75) is 32.2 Å². The minimum atomic E-state index is -0.555. The van der Waals surface area contributed by atoms with Crippen molar-refractivity contribution >= 4 is 35.9 Å². The van der Waals surface area contributed by atoms with Crippen LogP contribution in [0.25, 0.3) is 6.08 Å². The maximum atomic E-state index is 13.5. The Labute approximate surface area is 249 Å². The zero-order chi connectivity index (χ0) is 30.3. The molecule has 5 rings (SSSR count). The van der Waals surface area contributed by atoms with Crippen LogP contribution in [0.15, 0.2) is 84.1 Å². The number of esters is 1. The number of carbonyl (C=O) groups excluding carboxylic acids is 2. The monoisotopic (exact) mass is 576 g/mol. The maximum Gasteiger partial charge on any atom is 0.343 e. The molecule has 0 saturated carbocycles. The van der Waals surface area contributed by atoms with Crippen molar-refractivity contribution in [3.63, 3.8) is 0 Å². The number of nitrogens with two attached hydrogens (primary N) is 2. The van der Waals surface area contributed by atoms with Crippen LogP contribution in [0.1, 0.15) is 64.0 Å². The smallest absolute Gasteiger partial charge is 0.343 e. The van der Waals surface area contributed by atoms with Crippen molar-refractivity contribution in [3.05, 3.63) is 112 Å². The lowest BCUT2D eigenvalue weighted by molar-refractivity contribution is -0.128. The van der Waals surface area contributed by atoms with E-state index < -0.39 is 5.97 Å². The van der Waals surface area contributed by atoms with Crippen LogP contribution < -0.4 is 20.9 Å². The van der Waals surface area contributed by atoms with Gasteiger partial charge in [-0.2, -0.15) is 10.1 Å². The number of hydrogen-bond acceptors (Lipinski definition) is 9. The fourth-order valence-electron chi connectivity index (χ4n) is 4.99. The van der Waals surface area contributed by atoms with E-state index in [2.05, 4.69) is 22.0 Å². The van der Waals surface area contributed by atoms with Crippen LogP contribution in [0, 0.1) is 0 Å². The van der Waals surface area contributed by atoms with E-state index in [1.54, 1.807) is 48.8 Å². The highest BCUT2D eigenvalue weighted by Gasteiger charge is 2.27. The van der Waals surface area contributed by atoms with Gasteiger partial charge in [-0.15, -0.1) is 0 Å². The number of anilines is 2. The lowest BCUT2D eigenvalue weighted by atomic mass is 9.95. The lowest BCUT2D eigenvalue weighted by Gasteiger charge is -2.31. The van der Waals surface area contributed by atoms with Gasteiger partial charge < -0.3 is 20.9 Å². The number of carbonyl (C=O) groups is 2. The molecule has 0 aliphatic carbocycles. The first kappa shape index (κ1) is 29.0. The quantitative estimate of drug-likeness (QED) is 0.157. The molecule has 4 aromatic rings. The summed E-state index contributed by atoms with van der Waals surface area (Å²) in [5.41, 5.74) is 16.1. The summed E-state index contributed by atoms with van der Waals surface area (Å²) < 4.78 is 11.5. The third-order valence-corrected chi connectivity index (χ3v) is 7.04. The Kier molecular flexibility index (Phi) is 8.76. The molecular formula is C33H32N6O4. The molecule has 1 atom stereocenters. The second-order valence-corrected chi connectivity index (χ2v) is 9.98. The molecule has 1 aliphatic rings. The SMILES string of the molecule is CCCC1c2ccccc2C=NN1C(=O)/C=C/c1cc(Cc2cnc(N)nc2N)cc(OC(=O)c2ccccc2)c1OC. The predicted molar refractivity (Wildman–Crippen MR) is 166 cm³/mol. The molecule has 2 heterocycles. The zero-order valence-corrected chi connectivity index (χ0v) is 23.9. The van der Waals surface area contributed by atoms with Crippen LogP contribution in [0.5, 0.6) is 11.5 Å². The number of rotatable bonds is 9. The normalized spacial score (nSPS) is 14.0. The highest BCUT2D eigenvalue weighted by molar-refractivity contribution is 5.95. The van der Waals surface area contributed by atoms with Crippen LogP contribution in [-0.2, 0) is 11.2 Å². The number of nitrogens with zero attached hydrogens (tertiary/aromatic N) is 4. The molecule has 4 N–H and O–H groups in total. The molecule has 10 heteroatoms. The van der Waals surface area contributed by atoms with Crippen molar-refractivity contribution in [2.24, 2.45) is 5.10 Å². The Hall–Kier alpha value is -5.51. The molecule has 1 unspecified atom stereocenters. The fourth-order valence-corrected chi connectivity index (χ4v) is 4.99. The Morgan fingerprint density at radius 3 is 2.56 bits per heavy atom. The van der Waals surface area contributed by atoms with Gasteiger partial charge in [0.05, 0.1) is 24.9 Å². The molecule has 0 radical (unpaired) electrons. The molecule has 0 bridgehead atoms. The summed E-state index contributed by atoms with van der Waals surface area (Å²) in [5, 5.41) is 5.98. The van der Waals surface area contributed by atoms with Crippen molar-refractivity contribution in [1.82, 2.24) is 15.0 Å². The van der Waals surface area contributed by atoms with Gasteiger partial charge >= 0.3 is 5.97 Å². The third-order valence-electron chi connectivity index (χ3n) is 7.04. The van der Waals surface area contributed by atoms with Crippen LogP contribution in [-0.4, -0.2) is 40.2 Å². The molecule has 0 saturated heterocycles. The van der Waals surface area contributed by atoms with E-state index in [-0.39, 0.29) is 35.2 Å². The van der Waals surface area contributed by atoms with Gasteiger partial charge in [0.15, 0.2) is 11.5 Å². The van der Waals surface area contributed by atoms with Gasteiger partial charge in [0, 0.05) is 29.8 Å². The van der Waals surface area contributed by atoms with E-state index in [0.717, 1.165) is 29.5 Å². The minimum absolute atomic E-state index is 0.0694. The third kappa shape index (κ3) is 6.54. The van der Waals surface area contributed by atoms with Crippen LogP contribution >= 0.6 is 0 Å². The van der Waals surface area contributed by atoms with E-state index in [1.807, 2.05) is 36.4 Å². The number of hydrazone groups is 1. The Bertz CT molecular complexity index is 1700. The van der Waals surface area contributed by atoms with Gasteiger partial charge in [0.1, 0.15) is 5.82 Å². The molecule has 1 aromatic heterocycles. The van der Waals surface area contributed by atoms with Gasteiger partial charge in [0.25, 0.3) is 5.91 Å². The summed E-state index contributed by atoms with van der Waals surface area (Å²) in [5.74, 6) is -0.0683. The summed E-state index contributed by atoms with van der Waals surface area (Å²) >= 11 is 0. The first-order valence-electron chi connectivity index (χ1n) is 13.9. The fraction of sp³-hybridized carbons (Fsp3) is 0.182. The molecule has 0 fully saturated rings. The van der Waals surface area contributed by atoms with E-state index in [0.29, 0.717) is 23.1 Å². The molecule has 3 aromatic carbocycles. The van der Waals surface area contributed by atoms with Gasteiger partial charge in [-0.05, 0) is 53.5 Å². The highest BCUT2D eigenvalue weighted by atomic mass is 16.6. The van der Waals surface area contributed by atoms with Gasteiger partial charge in [-0.1, -0.05) is 55.8 Å². The summed E-state index contributed by atoms with van der Waals surface area (Å²) in [6.45, 7) is 2.08. The Balaban J connectivity index is 1.50. The van der Waals surface area contributed by atoms with E-state index in [9.17, 15) is 9.59 Å². The molecule has 218 valence electrons. The molecule has 1 aliphatic heterocycles. The summed E-state index contributed by atoms with van der Waals surface area (Å²) in [4.78, 5) is 34.6. The summed E-state index contributed by atoms with van der Waals surface area (Å²) in [6.07, 6.45) is 8.28. The Morgan fingerprint density at radius 2 is 1.81 bits per heavy atom. The number of fused-ring (bicyclic) bond motifs is 1. The van der Waals surface area contributed by atoms with Crippen molar-refractivity contribution in [3.8, 4) is 11.5 Å². The highest BCUT2D eigenvalue weighted by Crippen LogP contribution is 2.36. The van der Waals surface area contributed by atoms with E-state index >= 15 is 0 Å². The summed E-state index contributed by atoms with van der Waals surface area (Å²) in [6, 6.07) is 19.9. The molecule has 10 nitrogen and oxygen atoms in total. The average Bonchev–Trinajstić information content (AvgIpc) is 3.02. The number of aromatic nitrogens is 2. The topological polar surface area (TPSA) is 146 Å². The predicted octanol–water partition coefficient (Wildman–Crippen LogP) is 5.19. The molecule has 1 amide bonds. The molecule has 0 spiro atoms. The Morgan fingerprint density at radius 1 is 1.05 bits per heavy atom. The van der Waals surface area contributed by atoms with Gasteiger partial charge in [-0.3, -0.25) is 4.79 Å². The standard InChI is InChI=1S/C33H32N6O4/c1-3-9-27-26-13-8-7-12-24(26)20-37-39(27)29(40)15-14-23-16-21(17-25-19-36-33(35)38-31(25)34)18-28(30(23)42-2)43-32(41)22-10-5-4-6-11-22/h4-8,10-16,18-20,27H,3,9,17H2,1-2H3,(H4,34,35,36,38)/b15-14+. The number of nitrogen functional groups attached to an aromatic ring is 2. The van der Waals surface area contributed by atoms with Gasteiger partial charge in [0.2, 0.25) is 5.95 Å². The van der Waals surface area contributed by atoms with E-state index in [4.69, 9.17) is 20.9 Å². The average molecular weight is 577 g/mol. The summed E-state index contributed by atoms with van der Waals surface area (Å²) in [7, 11) is 1.48. The largest absolute Gasteiger partial charge is 0.492 e. The first-order valence-corrected chi connectivity index (χ1v) is 13.9. The van der Waals surface area contributed by atoms with Crippen molar-refractivity contribution in [1.29, 1.82) is 0 Å². The van der Waals surface area contributed by atoms with Crippen molar-refractivity contribution < 1.29 is 19.1 Å². The van der Waals surface area contributed by atoms with E-state index in [1.165, 1.54) is 18.2 Å². The van der Waals surface area contributed by atoms with Crippen LogP contribution in [0.2, 0.25) is 0 Å². The van der Waals surface area contributed by atoms with Crippen molar-refractivity contribution in [2.75, 3.05) is 18.6 Å². The number of methoxy groups -OCH3 is 1. The van der Waals surface area contributed by atoms with Crippen LogP contribution in [0.3, 0.4) is 0 Å². The van der Waals surface area contributed by atoms with Crippen LogP contribution in [0.4, 0.5) is 11.8 Å². The second kappa shape index (κ2) is 13.0. The zero-order valence-electron chi connectivity index (χ0n) is 23.9. The maximum absolute atomic E-state index is 13.5. The molecular weight excluding hydrogens is 544 g/mol. The number of amides is 1. The number of ether oxygens (including phenoxy) is 2. The number of hydrogen-bond donors (Lipinski definition) is 2. The minimum Gasteiger partial charge on any atom is -0.492 e. The molecule has 43 heavy (non-hydrogen) atoms. The van der Waals surface area contributed by atoms with Gasteiger partial charge in [-0.25, -0.2) is 14.8 Å². The lowest BCUT2D eigenvalue weighted by Crippen LogP contribution is -2.32. The first-order chi connectivity index (χ1) is 20.9.